The van der Waals surface area contributed by atoms with Crippen molar-refractivity contribution in [2.24, 2.45) is 0 Å². The number of hydrogen-bond donors (Lipinski definition) is 1. The summed E-state index contributed by atoms with van der Waals surface area (Å²) in [6.45, 7) is 3.11. The number of benzene rings is 3. The first-order valence-corrected chi connectivity index (χ1v) is 15.0. The minimum atomic E-state index is -2.91. The van der Waals surface area contributed by atoms with E-state index in [1.165, 1.54) is 24.9 Å². The molecule has 1 N–H and O–H groups in total. The Morgan fingerprint density at radius 1 is 0.757 bits per heavy atom. The van der Waals surface area contributed by atoms with E-state index in [9.17, 15) is 13.2 Å². The van der Waals surface area contributed by atoms with E-state index in [-0.39, 0.29) is 29.9 Å². The van der Waals surface area contributed by atoms with Gasteiger partial charge in [0, 0.05) is 43.1 Å². The minimum absolute atomic E-state index is 0.0286. The van der Waals surface area contributed by atoms with Crippen LogP contribution < -0.4 is 15.1 Å². The molecular weight excluding hydrogens is 482 g/mol. The Kier molecular flexibility index (Phi) is 7.79. The van der Waals surface area contributed by atoms with Crippen LogP contribution in [0.3, 0.4) is 0 Å². The number of rotatable bonds is 7. The van der Waals surface area contributed by atoms with Crippen molar-refractivity contribution < 1.29 is 13.2 Å². The van der Waals surface area contributed by atoms with Gasteiger partial charge in [-0.1, -0.05) is 60.7 Å². The van der Waals surface area contributed by atoms with Gasteiger partial charge in [0.2, 0.25) is 5.91 Å². The quantitative estimate of drug-likeness (QED) is 0.504. The Hall–Kier alpha value is -3.32. The van der Waals surface area contributed by atoms with Crippen LogP contribution in [-0.2, 0) is 21.1 Å². The highest BCUT2D eigenvalue weighted by molar-refractivity contribution is 7.91. The molecule has 2 saturated heterocycles. The topological polar surface area (TPSA) is 69.7 Å². The Balaban J connectivity index is 1.32. The zero-order valence-electron chi connectivity index (χ0n) is 21.2. The van der Waals surface area contributed by atoms with Crippen molar-refractivity contribution in [1.29, 1.82) is 0 Å². The Morgan fingerprint density at radius 2 is 1.41 bits per heavy atom. The Morgan fingerprint density at radius 3 is 2.11 bits per heavy atom. The monoisotopic (exact) mass is 517 g/mol. The van der Waals surface area contributed by atoms with E-state index < -0.39 is 9.84 Å². The molecule has 2 aliphatic rings. The van der Waals surface area contributed by atoms with Crippen LogP contribution in [0, 0.1) is 0 Å². The summed E-state index contributed by atoms with van der Waals surface area (Å²) in [5.74, 6) is 0.354. The smallest absolute Gasteiger partial charge is 0.225 e. The third kappa shape index (κ3) is 6.34. The van der Waals surface area contributed by atoms with E-state index in [2.05, 4.69) is 51.5 Å². The van der Waals surface area contributed by atoms with Crippen molar-refractivity contribution in [2.75, 3.05) is 47.5 Å². The molecule has 0 aromatic heterocycles. The fraction of sp³-hybridized carbons (Fsp3) is 0.367. The fourth-order valence-electron chi connectivity index (χ4n) is 5.33. The molecule has 194 valence electrons. The van der Waals surface area contributed by atoms with Crippen LogP contribution in [-0.4, -0.2) is 52.0 Å². The molecule has 0 bridgehead atoms. The highest BCUT2D eigenvalue weighted by Gasteiger charge is 2.24. The van der Waals surface area contributed by atoms with Crippen molar-refractivity contribution in [3.05, 3.63) is 95.6 Å². The van der Waals surface area contributed by atoms with E-state index in [4.69, 9.17) is 0 Å². The number of para-hydroxylation sites is 1. The third-order valence-electron chi connectivity index (χ3n) is 7.39. The zero-order chi connectivity index (χ0) is 25.7. The summed E-state index contributed by atoms with van der Waals surface area (Å²) >= 11 is 0. The van der Waals surface area contributed by atoms with E-state index in [1.807, 2.05) is 42.5 Å². The van der Waals surface area contributed by atoms with Gasteiger partial charge in [-0.3, -0.25) is 4.79 Å². The summed E-state index contributed by atoms with van der Waals surface area (Å²) in [6, 6.07) is 26.3. The lowest BCUT2D eigenvalue weighted by molar-refractivity contribution is -0.120. The van der Waals surface area contributed by atoms with Gasteiger partial charge in [-0.15, -0.1) is 0 Å². The number of carbonyl (C=O) groups is 1. The van der Waals surface area contributed by atoms with Crippen molar-refractivity contribution in [2.45, 2.75) is 31.7 Å². The van der Waals surface area contributed by atoms with Crippen molar-refractivity contribution >= 4 is 27.1 Å². The number of nitrogens with one attached hydrogen (secondary N) is 1. The number of hydrogen-bond acceptors (Lipinski definition) is 5. The first-order chi connectivity index (χ1) is 18.0. The maximum absolute atomic E-state index is 13.3. The zero-order valence-corrected chi connectivity index (χ0v) is 22.0. The highest BCUT2D eigenvalue weighted by Crippen LogP contribution is 2.32. The normalized spacial score (nSPS) is 18.3. The lowest BCUT2D eigenvalue weighted by Crippen LogP contribution is -2.40. The first kappa shape index (κ1) is 25.3. The molecule has 6 nitrogen and oxygen atoms in total. The molecule has 37 heavy (non-hydrogen) atoms. The average Bonchev–Trinajstić information content (AvgIpc) is 2.93. The minimum Gasteiger partial charge on any atom is -0.371 e. The molecular formula is C30H35N3O3S. The molecule has 1 amide bonds. The van der Waals surface area contributed by atoms with Crippen LogP contribution in [0.5, 0.6) is 0 Å². The van der Waals surface area contributed by atoms with E-state index in [0.29, 0.717) is 13.1 Å². The van der Waals surface area contributed by atoms with E-state index in [1.54, 1.807) is 0 Å². The number of amides is 1. The Bertz CT molecular complexity index is 1290. The molecule has 2 fully saturated rings. The summed E-state index contributed by atoms with van der Waals surface area (Å²) in [4.78, 5) is 17.9. The lowest BCUT2D eigenvalue weighted by Gasteiger charge is -2.33. The van der Waals surface area contributed by atoms with Crippen LogP contribution in [0.4, 0.5) is 11.4 Å². The number of piperidine rings is 1. The number of anilines is 2. The molecule has 3 aromatic rings. The second kappa shape index (κ2) is 11.4. The van der Waals surface area contributed by atoms with Gasteiger partial charge in [-0.2, -0.15) is 0 Å². The molecule has 2 heterocycles. The molecule has 3 aromatic carbocycles. The van der Waals surface area contributed by atoms with Crippen molar-refractivity contribution in [3.63, 3.8) is 0 Å². The van der Waals surface area contributed by atoms with Crippen LogP contribution in [0.2, 0.25) is 0 Å². The molecule has 0 saturated carbocycles. The van der Waals surface area contributed by atoms with Gasteiger partial charge < -0.3 is 15.1 Å². The van der Waals surface area contributed by atoms with Gasteiger partial charge in [-0.25, -0.2) is 8.42 Å². The molecule has 2 aliphatic heterocycles. The van der Waals surface area contributed by atoms with Gasteiger partial charge in [0.25, 0.3) is 0 Å². The lowest BCUT2D eigenvalue weighted by atomic mass is 9.95. The predicted molar refractivity (Wildman–Crippen MR) is 150 cm³/mol. The molecule has 0 radical (unpaired) electrons. The predicted octanol–water partition coefficient (Wildman–Crippen LogP) is 4.36. The maximum atomic E-state index is 13.3. The molecule has 1 unspecified atom stereocenters. The molecule has 0 aliphatic carbocycles. The van der Waals surface area contributed by atoms with Crippen LogP contribution in [0.15, 0.2) is 78.9 Å². The van der Waals surface area contributed by atoms with Gasteiger partial charge in [0.15, 0.2) is 9.84 Å². The number of nitrogens with zero attached hydrogens (tertiary/aromatic N) is 2. The summed E-state index contributed by atoms with van der Waals surface area (Å²) in [7, 11) is -2.91. The first-order valence-electron chi connectivity index (χ1n) is 13.2. The van der Waals surface area contributed by atoms with Crippen molar-refractivity contribution in [3.8, 4) is 0 Å². The largest absolute Gasteiger partial charge is 0.371 e. The van der Waals surface area contributed by atoms with Gasteiger partial charge in [0.1, 0.15) is 0 Å². The number of sulfone groups is 1. The molecule has 7 heteroatoms. The molecule has 5 rings (SSSR count). The second-order valence-corrected chi connectivity index (χ2v) is 12.3. The molecule has 0 spiro atoms. The SMILES string of the molecule is O=C(Cc1ccc(N2CCS(=O)(=O)CC2)cc1)NC(c1ccccc1)c1ccccc1N1CCCCC1. The van der Waals surface area contributed by atoms with Crippen LogP contribution >= 0.6 is 0 Å². The second-order valence-electron chi connectivity index (χ2n) is 10.00. The van der Waals surface area contributed by atoms with Gasteiger partial charge in [0.05, 0.1) is 24.0 Å². The fourth-order valence-corrected chi connectivity index (χ4v) is 6.53. The Labute approximate surface area is 220 Å². The van der Waals surface area contributed by atoms with E-state index >= 15 is 0 Å². The number of carbonyl (C=O) groups excluding carboxylic acids is 1. The van der Waals surface area contributed by atoms with E-state index in [0.717, 1.165) is 35.5 Å². The van der Waals surface area contributed by atoms with Gasteiger partial charge in [-0.05, 0) is 48.6 Å². The summed E-state index contributed by atoms with van der Waals surface area (Å²) in [5.41, 5.74) is 5.32. The standard InChI is InChI=1S/C30H35N3O3S/c34-29(23-24-13-15-26(16-14-24)32-19-21-37(35,36)22-20-32)31-30(25-9-3-1-4-10-25)27-11-5-6-12-28(27)33-17-7-2-8-18-33/h1,3-6,9-16,30H,2,7-8,17-23H2,(H,31,34). The van der Waals surface area contributed by atoms with Crippen LogP contribution in [0.25, 0.3) is 0 Å². The van der Waals surface area contributed by atoms with Crippen LogP contribution in [0.1, 0.15) is 42.0 Å². The maximum Gasteiger partial charge on any atom is 0.225 e. The summed E-state index contributed by atoms with van der Waals surface area (Å²) in [5, 5.41) is 3.32. The average molecular weight is 518 g/mol. The summed E-state index contributed by atoms with van der Waals surface area (Å²) < 4.78 is 23.5. The molecule has 1 atom stereocenters. The third-order valence-corrected chi connectivity index (χ3v) is 9.00. The summed E-state index contributed by atoms with van der Waals surface area (Å²) in [6.07, 6.45) is 3.94. The van der Waals surface area contributed by atoms with Gasteiger partial charge >= 0.3 is 0 Å². The van der Waals surface area contributed by atoms with Crippen molar-refractivity contribution in [1.82, 2.24) is 5.32 Å². The highest BCUT2D eigenvalue weighted by atomic mass is 32.2.